The number of anilines is 1. The van der Waals surface area contributed by atoms with Crippen LogP contribution in [0.15, 0.2) is 48.8 Å². The smallest absolute Gasteiger partial charge is 0.459 e. The number of nitriles is 1. The van der Waals surface area contributed by atoms with E-state index in [1.54, 1.807) is 30.3 Å². The van der Waals surface area contributed by atoms with E-state index in [9.17, 15) is 24.8 Å². The molecule has 0 bridgehead atoms. The number of aromatic nitrogens is 3. The van der Waals surface area contributed by atoms with Gasteiger partial charge in [-0.2, -0.15) is 15.4 Å². The van der Waals surface area contributed by atoms with E-state index in [2.05, 4.69) is 15.2 Å². The summed E-state index contributed by atoms with van der Waals surface area (Å²) in [6.07, 6.45) is -1.10. The van der Waals surface area contributed by atoms with Crippen molar-refractivity contribution in [1.29, 1.82) is 5.26 Å². The molecular weight excluding hydrogens is 543 g/mol. The summed E-state index contributed by atoms with van der Waals surface area (Å²) >= 11 is 0. The molecule has 14 nitrogen and oxygen atoms in total. The molecule has 1 saturated heterocycles. The van der Waals surface area contributed by atoms with Crippen LogP contribution in [0.2, 0.25) is 0 Å². The molecule has 3 heterocycles. The maximum atomic E-state index is 13.9. The van der Waals surface area contributed by atoms with Gasteiger partial charge in [-0.3, -0.25) is 9.32 Å². The molecule has 0 spiro atoms. The van der Waals surface area contributed by atoms with Gasteiger partial charge in [-0.15, -0.1) is 0 Å². The molecule has 5 rings (SSSR count). The van der Waals surface area contributed by atoms with Crippen LogP contribution in [-0.2, 0) is 23.4 Å². The van der Waals surface area contributed by atoms with Gasteiger partial charge in [0.2, 0.25) is 5.60 Å². The normalized spacial score (nSPS) is 26.9. The van der Waals surface area contributed by atoms with E-state index in [1.165, 1.54) is 29.9 Å². The number of fused-ring (bicyclic) bond motifs is 1. The molecule has 0 radical (unpaired) electrons. The average Bonchev–Trinajstić information content (AvgIpc) is 3.46. The zero-order chi connectivity index (χ0) is 28.5. The molecule has 1 aliphatic heterocycles. The van der Waals surface area contributed by atoms with Crippen LogP contribution in [0.3, 0.4) is 0 Å². The first-order chi connectivity index (χ1) is 19.1. The minimum atomic E-state index is -4.38. The number of hydrogen-bond donors (Lipinski definition) is 4. The number of nitrogen functional groups attached to an aromatic ring is 1. The fourth-order valence-corrected chi connectivity index (χ4v) is 5.93. The van der Waals surface area contributed by atoms with Gasteiger partial charge in [-0.25, -0.2) is 14.1 Å². The van der Waals surface area contributed by atoms with Gasteiger partial charge in [0, 0.05) is 0 Å². The lowest BCUT2D eigenvalue weighted by molar-refractivity contribution is -0.154. The van der Waals surface area contributed by atoms with Gasteiger partial charge in [-0.1, -0.05) is 18.2 Å². The molecule has 212 valence electrons. The Bertz CT molecular complexity index is 1460. The van der Waals surface area contributed by atoms with Gasteiger partial charge in [0.25, 0.3) is 0 Å². The Labute approximate surface area is 229 Å². The molecule has 5 N–H and O–H groups in total. The van der Waals surface area contributed by atoms with Crippen LogP contribution >= 0.6 is 7.75 Å². The number of benzene rings is 1. The third-order valence-corrected chi connectivity index (χ3v) is 8.52. The Balaban J connectivity index is 1.37. The van der Waals surface area contributed by atoms with Crippen LogP contribution in [-0.4, -0.2) is 67.3 Å². The summed E-state index contributed by atoms with van der Waals surface area (Å²) in [4.78, 5) is 16.5. The van der Waals surface area contributed by atoms with Crippen molar-refractivity contribution in [2.45, 2.75) is 62.2 Å². The van der Waals surface area contributed by atoms with E-state index in [-0.39, 0.29) is 17.7 Å². The van der Waals surface area contributed by atoms with E-state index in [0.717, 1.165) is 19.3 Å². The van der Waals surface area contributed by atoms with Crippen molar-refractivity contribution < 1.29 is 38.1 Å². The van der Waals surface area contributed by atoms with E-state index < -0.39 is 50.3 Å². The number of carbonyl (C=O) groups is 1. The molecule has 0 unspecified atom stereocenters. The average molecular weight is 573 g/mol. The zero-order valence-corrected chi connectivity index (χ0v) is 22.4. The number of nitrogens with zero attached hydrogens (tertiary/aromatic N) is 4. The van der Waals surface area contributed by atoms with Crippen molar-refractivity contribution in [2.75, 3.05) is 12.3 Å². The highest BCUT2D eigenvalue weighted by Gasteiger charge is 2.57. The fraction of sp³-hybridized carbons (Fsp3) is 0.440. The molecule has 1 aliphatic carbocycles. The SMILES string of the molecule is C[C@H](N[P@@](=O)(OC[C@@]1(C#N)O[C@@H](c2ccc3c(N)ncnn23)[C@H](O)[C@@H]1O)Oc1ccccc1)C(=O)OC1CCC1. The van der Waals surface area contributed by atoms with Gasteiger partial charge >= 0.3 is 13.7 Å². The Morgan fingerprint density at radius 2 is 2.08 bits per heavy atom. The highest BCUT2D eigenvalue weighted by atomic mass is 31.2. The van der Waals surface area contributed by atoms with Crippen molar-refractivity contribution in [3.63, 3.8) is 0 Å². The number of hydrogen-bond acceptors (Lipinski definition) is 12. The summed E-state index contributed by atoms with van der Waals surface area (Å²) in [5.41, 5.74) is 4.44. The Morgan fingerprint density at radius 3 is 2.75 bits per heavy atom. The number of aliphatic hydroxyl groups excluding tert-OH is 2. The predicted octanol–water partition coefficient (Wildman–Crippen LogP) is 1.64. The number of nitrogens with one attached hydrogen (secondary N) is 1. The zero-order valence-electron chi connectivity index (χ0n) is 21.5. The molecule has 40 heavy (non-hydrogen) atoms. The number of esters is 1. The minimum absolute atomic E-state index is 0.159. The first-order valence-electron chi connectivity index (χ1n) is 12.7. The number of carbonyl (C=O) groups excluding carboxylic acids is 1. The standard InChI is InChI=1S/C25H29N6O8P/c1-15(24(34)37-16-8-5-9-16)30-40(35,39-17-6-3-2-4-7-17)36-13-25(12-26)22(33)20(32)21(38-25)18-10-11-19-23(27)28-14-29-31(18)19/h2-4,6-7,10-11,14-16,20-22,32-33H,5,8-9,13H2,1H3,(H,30,35)(H2,27,28,29)/t15-,20-,21-,22-,25+,40+/m0/s1. The van der Waals surface area contributed by atoms with Crippen molar-refractivity contribution in [3.8, 4) is 11.8 Å². The molecule has 15 heteroatoms. The Morgan fingerprint density at radius 1 is 1.32 bits per heavy atom. The molecule has 2 fully saturated rings. The van der Waals surface area contributed by atoms with Crippen LogP contribution in [0.5, 0.6) is 5.75 Å². The first kappa shape index (κ1) is 28.0. The van der Waals surface area contributed by atoms with Gasteiger partial charge in [-0.05, 0) is 50.5 Å². The topological polar surface area (TPSA) is 204 Å². The third-order valence-electron chi connectivity index (χ3n) is 6.90. The van der Waals surface area contributed by atoms with Crippen molar-refractivity contribution >= 4 is 25.1 Å². The van der Waals surface area contributed by atoms with Gasteiger partial charge in [0.05, 0.1) is 5.69 Å². The van der Waals surface area contributed by atoms with Gasteiger partial charge in [0.15, 0.2) is 5.82 Å². The van der Waals surface area contributed by atoms with Gasteiger partial charge < -0.3 is 29.9 Å². The molecule has 1 aromatic carbocycles. The minimum Gasteiger partial charge on any atom is -0.461 e. The summed E-state index contributed by atoms with van der Waals surface area (Å²) in [5, 5.41) is 38.5. The fourth-order valence-electron chi connectivity index (χ4n) is 4.41. The molecule has 2 aromatic heterocycles. The molecule has 6 atom stereocenters. The van der Waals surface area contributed by atoms with Gasteiger partial charge in [0.1, 0.15) is 60.7 Å². The molecule has 3 aromatic rings. The van der Waals surface area contributed by atoms with Crippen LogP contribution in [0.4, 0.5) is 5.82 Å². The first-order valence-corrected chi connectivity index (χ1v) is 14.2. The van der Waals surface area contributed by atoms with Crippen LogP contribution in [0.1, 0.15) is 38.0 Å². The molecule has 1 saturated carbocycles. The van der Waals surface area contributed by atoms with E-state index in [4.69, 9.17) is 24.3 Å². The second-order valence-electron chi connectivity index (χ2n) is 9.69. The Hall–Kier alpha value is -3.57. The maximum absolute atomic E-state index is 13.9. The number of nitrogens with two attached hydrogens (primary N) is 1. The molecular formula is C25H29N6O8P. The second-order valence-corrected chi connectivity index (χ2v) is 11.4. The van der Waals surface area contributed by atoms with Crippen LogP contribution < -0.4 is 15.3 Å². The highest BCUT2D eigenvalue weighted by molar-refractivity contribution is 7.52. The number of para-hydroxylation sites is 1. The third kappa shape index (κ3) is 5.40. The van der Waals surface area contributed by atoms with Crippen molar-refractivity contribution in [3.05, 3.63) is 54.5 Å². The largest absolute Gasteiger partial charge is 0.461 e. The quantitative estimate of drug-likeness (QED) is 0.202. The summed E-state index contributed by atoms with van der Waals surface area (Å²) in [7, 11) is -4.38. The number of aliphatic hydroxyl groups is 2. The van der Waals surface area contributed by atoms with E-state index >= 15 is 0 Å². The number of rotatable bonds is 10. The van der Waals surface area contributed by atoms with Crippen LogP contribution in [0.25, 0.3) is 5.52 Å². The lowest BCUT2D eigenvalue weighted by Gasteiger charge is -2.30. The summed E-state index contributed by atoms with van der Waals surface area (Å²) in [6, 6.07) is 12.0. The number of ether oxygens (including phenoxy) is 2. The Kier molecular flexibility index (Phi) is 7.78. The lowest BCUT2D eigenvalue weighted by Crippen LogP contribution is -2.46. The maximum Gasteiger partial charge on any atom is 0.459 e. The van der Waals surface area contributed by atoms with Crippen molar-refractivity contribution in [2.24, 2.45) is 0 Å². The molecule has 0 amide bonds. The second kappa shape index (κ2) is 11.1. The predicted molar refractivity (Wildman–Crippen MR) is 139 cm³/mol. The monoisotopic (exact) mass is 572 g/mol. The van der Waals surface area contributed by atoms with Crippen LogP contribution in [0, 0.1) is 11.3 Å². The van der Waals surface area contributed by atoms with E-state index in [1.807, 2.05) is 6.07 Å². The summed E-state index contributed by atoms with van der Waals surface area (Å²) in [6.45, 7) is 0.650. The lowest BCUT2D eigenvalue weighted by atomic mass is 9.96. The summed E-state index contributed by atoms with van der Waals surface area (Å²) < 4.78 is 37.8. The highest BCUT2D eigenvalue weighted by Crippen LogP contribution is 2.48. The van der Waals surface area contributed by atoms with Crippen molar-refractivity contribution in [1.82, 2.24) is 19.7 Å². The van der Waals surface area contributed by atoms with E-state index in [0.29, 0.717) is 11.2 Å². The summed E-state index contributed by atoms with van der Waals surface area (Å²) in [5.74, 6) is -0.306. The molecule has 2 aliphatic rings.